The van der Waals surface area contributed by atoms with Crippen LogP contribution in [0.5, 0.6) is 0 Å². The molecule has 2 atom stereocenters. The van der Waals surface area contributed by atoms with E-state index in [1.54, 1.807) is 6.92 Å². The summed E-state index contributed by atoms with van der Waals surface area (Å²) < 4.78 is 1.31. The largest absolute Gasteiger partial charge is 0.509 e. The molecule has 1 aliphatic rings. The molecule has 1 amide bonds. The first kappa shape index (κ1) is 17.6. The zero-order valence-corrected chi connectivity index (χ0v) is 13.5. The van der Waals surface area contributed by atoms with Crippen molar-refractivity contribution >= 4 is 17.5 Å². The van der Waals surface area contributed by atoms with E-state index < -0.39 is 34.5 Å². The van der Waals surface area contributed by atoms with Crippen LogP contribution in [0.4, 0.5) is 5.82 Å². The Hall–Kier alpha value is -2.75. The van der Waals surface area contributed by atoms with Crippen molar-refractivity contribution in [3.8, 4) is 0 Å². The van der Waals surface area contributed by atoms with Gasteiger partial charge in [-0.3, -0.25) is 9.59 Å². The van der Waals surface area contributed by atoms with Gasteiger partial charge in [0.1, 0.15) is 30.1 Å². The van der Waals surface area contributed by atoms with Crippen molar-refractivity contribution in [2.45, 2.75) is 39.5 Å². The Morgan fingerprint density at radius 2 is 2.12 bits per heavy atom. The summed E-state index contributed by atoms with van der Waals surface area (Å²) in [4.78, 5) is 39.3. The van der Waals surface area contributed by atoms with Crippen LogP contribution in [0.15, 0.2) is 17.5 Å². The molecule has 2 rings (SSSR count). The average Bonchev–Trinajstić information content (AvgIpc) is 2.94. The first-order valence-corrected chi connectivity index (χ1v) is 7.26. The fourth-order valence-electron chi connectivity index (χ4n) is 2.82. The van der Waals surface area contributed by atoms with Crippen LogP contribution in [0, 0.1) is 17.0 Å². The minimum atomic E-state index is -1.11. The molecule has 0 aliphatic carbocycles. The predicted octanol–water partition coefficient (Wildman–Crippen LogP) is 0.0924. The molecule has 2 heterocycles. The summed E-state index contributed by atoms with van der Waals surface area (Å²) in [5, 5.41) is 30.9. The summed E-state index contributed by atoms with van der Waals surface area (Å²) in [6.07, 6.45) is 0.00830. The fourth-order valence-corrected chi connectivity index (χ4v) is 2.82. The normalized spacial score (nSPS) is 19.1. The number of amides is 1. The Bertz CT molecular complexity index is 736. The Labute approximate surface area is 137 Å². The third kappa shape index (κ3) is 2.87. The van der Waals surface area contributed by atoms with E-state index >= 15 is 0 Å². The molecule has 1 aliphatic heterocycles. The number of aryl methyl sites for hydroxylation is 1. The number of ketones is 1. The molecule has 10 nitrogen and oxygen atoms in total. The summed E-state index contributed by atoms with van der Waals surface area (Å²) in [6, 6.07) is -1.06. The summed E-state index contributed by atoms with van der Waals surface area (Å²) >= 11 is 0. The number of Topliss-reactive ketones (excluding diaryl/α,β-unsaturated/α-hetero) is 1. The molecule has 0 fully saturated rings. The van der Waals surface area contributed by atoms with Gasteiger partial charge in [0.05, 0.1) is 12.6 Å². The van der Waals surface area contributed by atoms with Crippen LogP contribution in [0.3, 0.4) is 0 Å². The van der Waals surface area contributed by atoms with Gasteiger partial charge in [-0.05, 0) is 18.8 Å². The molecular weight excluding hydrogens is 320 g/mol. The van der Waals surface area contributed by atoms with Crippen LogP contribution in [-0.2, 0) is 16.1 Å². The molecule has 0 radical (unpaired) electrons. The monoisotopic (exact) mass is 338 g/mol. The van der Waals surface area contributed by atoms with Crippen molar-refractivity contribution in [1.29, 1.82) is 0 Å². The van der Waals surface area contributed by atoms with Gasteiger partial charge in [-0.1, -0.05) is 0 Å². The molecule has 2 N–H and O–H groups in total. The lowest BCUT2D eigenvalue weighted by Gasteiger charge is -2.26. The summed E-state index contributed by atoms with van der Waals surface area (Å²) in [5.41, 5.74) is -0.363. The Morgan fingerprint density at radius 1 is 1.50 bits per heavy atom. The highest BCUT2D eigenvalue weighted by Gasteiger charge is 2.43. The topological polar surface area (TPSA) is 139 Å². The summed E-state index contributed by atoms with van der Waals surface area (Å²) in [6.45, 7) is 4.12. The molecule has 10 heteroatoms. The minimum Gasteiger partial charge on any atom is -0.509 e. The van der Waals surface area contributed by atoms with Gasteiger partial charge in [-0.2, -0.15) is 0 Å². The average molecular weight is 338 g/mol. The van der Waals surface area contributed by atoms with Gasteiger partial charge in [0.25, 0.3) is 5.91 Å². The zero-order chi connectivity index (χ0) is 18.2. The highest BCUT2D eigenvalue weighted by atomic mass is 16.6. The van der Waals surface area contributed by atoms with E-state index in [4.69, 9.17) is 0 Å². The van der Waals surface area contributed by atoms with Gasteiger partial charge in [-0.15, -0.1) is 0 Å². The van der Waals surface area contributed by atoms with Crippen LogP contribution in [0.1, 0.15) is 19.7 Å². The van der Waals surface area contributed by atoms with Crippen molar-refractivity contribution in [3.63, 3.8) is 0 Å². The molecular formula is C14H18N4O6. The number of aliphatic hydroxyl groups excluding tert-OH is 2. The quantitative estimate of drug-likeness (QED) is 0.426. The molecule has 1 aromatic rings. The van der Waals surface area contributed by atoms with E-state index in [1.165, 1.54) is 11.5 Å². The van der Waals surface area contributed by atoms with Crippen LogP contribution >= 0.6 is 0 Å². The summed E-state index contributed by atoms with van der Waals surface area (Å²) in [5.74, 6) is -1.61. The maximum absolute atomic E-state index is 12.4. The van der Waals surface area contributed by atoms with Crippen molar-refractivity contribution in [2.24, 2.45) is 0 Å². The number of hydrogen-bond donors (Lipinski definition) is 2. The lowest BCUT2D eigenvalue weighted by atomic mass is 10.1. The van der Waals surface area contributed by atoms with Crippen molar-refractivity contribution in [3.05, 3.63) is 33.5 Å². The number of aliphatic hydroxyl groups is 2. The Morgan fingerprint density at radius 3 is 2.62 bits per heavy atom. The highest BCUT2D eigenvalue weighted by molar-refractivity contribution is 6.20. The van der Waals surface area contributed by atoms with Gasteiger partial charge in [0, 0.05) is 6.92 Å². The number of carbonyl (C=O) groups is 2. The number of nitrogens with zero attached hydrogens (tertiary/aromatic N) is 4. The van der Waals surface area contributed by atoms with Crippen LogP contribution < -0.4 is 0 Å². The first-order chi connectivity index (χ1) is 11.2. The molecule has 0 bridgehead atoms. The molecule has 2 unspecified atom stereocenters. The Kier molecular flexibility index (Phi) is 4.69. The molecule has 1 aromatic heterocycles. The zero-order valence-electron chi connectivity index (χ0n) is 13.5. The second-order valence-corrected chi connectivity index (χ2v) is 5.57. The third-order valence-electron chi connectivity index (χ3n) is 3.94. The van der Waals surface area contributed by atoms with Gasteiger partial charge in [-0.25, -0.2) is 9.55 Å². The molecule has 0 saturated carbocycles. The van der Waals surface area contributed by atoms with Crippen molar-refractivity contribution in [2.75, 3.05) is 6.54 Å². The number of carbonyl (C=O) groups excluding carboxylic acids is 2. The summed E-state index contributed by atoms with van der Waals surface area (Å²) in [7, 11) is 0. The third-order valence-corrected chi connectivity index (χ3v) is 3.94. The first-order valence-electron chi connectivity index (χ1n) is 7.26. The number of hydrogen-bond acceptors (Lipinski definition) is 7. The number of rotatable bonds is 6. The van der Waals surface area contributed by atoms with E-state index in [0.717, 1.165) is 18.0 Å². The van der Waals surface area contributed by atoms with Gasteiger partial charge in [0.2, 0.25) is 0 Å². The lowest BCUT2D eigenvalue weighted by molar-refractivity contribution is -0.392. The van der Waals surface area contributed by atoms with E-state index in [-0.39, 0.29) is 24.5 Å². The van der Waals surface area contributed by atoms with Crippen LogP contribution in [-0.4, -0.2) is 60.0 Å². The SMILES string of the molecule is CC(=O)C1=C(O)C(C(C)O)N(CCn2c([N+](=O)[O-])cnc2C)C1=O. The molecule has 0 saturated heterocycles. The minimum absolute atomic E-state index is 0.0344. The van der Waals surface area contributed by atoms with Crippen LogP contribution in [0.25, 0.3) is 0 Å². The standard InChI is InChI=1S/C14H18N4O6/c1-7(19)11-13(21)12(8(2)20)17(14(11)22)5-4-16-9(3)15-6-10(16)18(23)24/h6,8,12,20-21H,4-5H2,1-3H3. The van der Waals surface area contributed by atoms with E-state index in [1.807, 2.05) is 0 Å². The maximum Gasteiger partial charge on any atom is 0.342 e. The highest BCUT2D eigenvalue weighted by Crippen LogP contribution is 2.27. The van der Waals surface area contributed by atoms with E-state index in [2.05, 4.69) is 4.98 Å². The molecule has 0 aromatic carbocycles. The van der Waals surface area contributed by atoms with Crippen molar-refractivity contribution in [1.82, 2.24) is 14.5 Å². The van der Waals surface area contributed by atoms with Crippen molar-refractivity contribution < 1.29 is 24.7 Å². The fraction of sp³-hybridized carbons (Fsp3) is 0.500. The maximum atomic E-state index is 12.4. The molecule has 24 heavy (non-hydrogen) atoms. The van der Waals surface area contributed by atoms with E-state index in [0.29, 0.717) is 5.82 Å². The number of aromatic nitrogens is 2. The van der Waals surface area contributed by atoms with Gasteiger partial charge >= 0.3 is 5.82 Å². The second kappa shape index (κ2) is 6.40. The lowest BCUT2D eigenvalue weighted by Crippen LogP contribution is -2.44. The van der Waals surface area contributed by atoms with E-state index in [9.17, 15) is 29.9 Å². The van der Waals surface area contributed by atoms with Gasteiger partial charge < -0.3 is 25.2 Å². The molecule has 0 spiro atoms. The Balaban J connectivity index is 2.27. The molecule has 130 valence electrons. The predicted molar refractivity (Wildman–Crippen MR) is 81.1 cm³/mol. The smallest absolute Gasteiger partial charge is 0.342 e. The van der Waals surface area contributed by atoms with Gasteiger partial charge in [0.15, 0.2) is 11.6 Å². The second-order valence-electron chi connectivity index (χ2n) is 5.57. The number of nitro groups is 1. The number of imidazole rings is 1. The van der Waals surface area contributed by atoms with Crippen LogP contribution in [0.2, 0.25) is 0 Å².